The van der Waals surface area contributed by atoms with Crippen LogP contribution >= 0.6 is 0 Å². The Morgan fingerprint density at radius 2 is 1.74 bits per heavy atom. The summed E-state index contributed by atoms with van der Waals surface area (Å²) in [6.07, 6.45) is 3.78. The molecule has 3 heterocycles. The van der Waals surface area contributed by atoms with E-state index in [9.17, 15) is 9.18 Å². The molecule has 10 nitrogen and oxygen atoms in total. The first-order valence-corrected chi connectivity index (χ1v) is 14.9. The van der Waals surface area contributed by atoms with Crippen molar-refractivity contribution in [2.45, 2.75) is 6.42 Å². The molecule has 12 heteroatoms. The van der Waals surface area contributed by atoms with Crippen molar-refractivity contribution in [3.63, 3.8) is 0 Å². The van der Waals surface area contributed by atoms with Crippen molar-refractivity contribution < 1.29 is 27.7 Å². The molecule has 0 bridgehead atoms. The summed E-state index contributed by atoms with van der Waals surface area (Å²) >= 11 is 0. The normalized spacial score (nSPS) is 13.5. The number of halogens is 2. The summed E-state index contributed by atoms with van der Waals surface area (Å²) < 4.78 is 53.1. The highest BCUT2D eigenvalue weighted by Gasteiger charge is 2.18. The first-order chi connectivity index (χ1) is 22.4. The lowest BCUT2D eigenvalue weighted by atomic mass is 10.1. The number of methoxy groups -OCH3 is 1. The van der Waals surface area contributed by atoms with Crippen molar-refractivity contribution in [3.8, 4) is 34.1 Å². The Balaban J connectivity index is 1.18. The average Bonchev–Trinajstić information content (AvgIpc) is 3.07. The predicted molar refractivity (Wildman–Crippen MR) is 170 cm³/mol. The third-order valence-corrected chi connectivity index (χ3v) is 7.71. The maximum Gasteiger partial charge on any atom is 0.262 e. The monoisotopic (exact) mass is 629 g/mol. The van der Waals surface area contributed by atoms with E-state index in [-0.39, 0.29) is 28.6 Å². The maximum atomic E-state index is 15.4. The number of hydrogen-bond donors (Lipinski definition) is 1. The van der Waals surface area contributed by atoms with Gasteiger partial charge in [0.25, 0.3) is 5.56 Å². The molecule has 0 atom stereocenters. The number of hydrogen-bond acceptors (Lipinski definition) is 9. The molecule has 1 saturated heterocycles. The van der Waals surface area contributed by atoms with E-state index in [0.717, 1.165) is 39.3 Å². The molecule has 1 aliphatic heterocycles. The summed E-state index contributed by atoms with van der Waals surface area (Å²) in [5.41, 5.74) is 1.23. The topological polar surface area (TPSA) is 100.0 Å². The fraction of sp³-hybridized carbons (Fsp3) is 0.265. The predicted octanol–water partition coefficient (Wildman–Crippen LogP) is 5.92. The molecular formula is C34H33F2N5O5. The maximum absolute atomic E-state index is 15.4. The Hall–Kier alpha value is -5.07. The minimum Gasteiger partial charge on any atom is -0.491 e. The first kappa shape index (κ1) is 30.9. The minimum absolute atomic E-state index is 0.0296. The fourth-order valence-corrected chi connectivity index (χ4v) is 5.23. The van der Waals surface area contributed by atoms with Crippen molar-refractivity contribution >= 4 is 22.5 Å². The lowest BCUT2D eigenvalue weighted by Crippen LogP contribution is -2.37. The third-order valence-electron chi connectivity index (χ3n) is 7.71. The zero-order chi connectivity index (χ0) is 32.0. The molecule has 6 rings (SSSR count). The summed E-state index contributed by atoms with van der Waals surface area (Å²) in [7, 11) is 3.09. The Labute approximate surface area is 264 Å². The van der Waals surface area contributed by atoms with Gasteiger partial charge in [0.1, 0.15) is 17.1 Å². The van der Waals surface area contributed by atoms with Crippen LogP contribution in [0.5, 0.6) is 23.0 Å². The molecule has 0 saturated carbocycles. The van der Waals surface area contributed by atoms with E-state index < -0.39 is 5.82 Å². The first-order valence-electron chi connectivity index (χ1n) is 14.9. The second-order valence-electron chi connectivity index (χ2n) is 10.7. The highest BCUT2D eigenvalue weighted by atomic mass is 19.1. The highest BCUT2D eigenvalue weighted by molar-refractivity contribution is 5.92. The summed E-state index contributed by atoms with van der Waals surface area (Å²) in [6.45, 7) is 4.80. The van der Waals surface area contributed by atoms with Crippen molar-refractivity contribution in [3.05, 3.63) is 95.0 Å². The molecule has 0 unspecified atom stereocenters. The number of nitrogens with one attached hydrogen (secondary N) is 1. The van der Waals surface area contributed by atoms with Gasteiger partial charge in [0, 0.05) is 50.1 Å². The lowest BCUT2D eigenvalue weighted by Gasteiger charge is -2.26. The molecule has 1 N–H and O–H groups in total. The molecular weight excluding hydrogens is 596 g/mol. The number of morpholine rings is 1. The Morgan fingerprint density at radius 1 is 0.957 bits per heavy atom. The van der Waals surface area contributed by atoms with E-state index in [1.807, 2.05) is 0 Å². The molecule has 5 aromatic rings. The quantitative estimate of drug-likeness (QED) is 0.179. The van der Waals surface area contributed by atoms with Crippen molar-refractivity contribution in [1.82, 2.24) is 19.4 Å². The van der Waals surface area contributed by atoms with Gasteiger partial charge in [-0.15, -0.1) is 0 Å². The van der Waals surface area contributed by atoms with Crippen LogP contribution in [0.2, 0.25) is 0 Å². The van der Waals surface area contributed by atoms with E-state index in [1.165, 1.54) is 47.2 Å². The molecule has 3 aromatic carbocycles. The van der Waals surface area contributed by atoms with Crippen LogP contribution in [0.1, 0.15) is 6.42 Å². The largest absolute Gasteiger partial charge is 0.491 e. The molecule has 1 aliphatic rings. The van der Waals surface area contributed by atoms with Crippen LogP contribution in [0, 0.1) is 11.6 Å². The van der Waals surface area contributed by atoms with Gasteiger partial charge in [0.15, 0.2) is 23.1 Å². The average molecular weight is 630 g/mol. The second-order valence-corrected chi connectivity index (χ2v) is 10.7. The number of fused-ring (bicyclic) bond motifs is 1. The third kappa shape index (κ3) is 6.77. The van der Waals surface area contributed by atoms with Crippen LogP contribution in [0.15, 0.2) is 77.9 Å². The highest BCUT2D eigenvalue weighted by Crippen LogP contribution is 2.39. The molecule has 1 fully saturated rings. The Morgan fingerprint density at radius 3 is 2.50 bits per heavy atom. The van der Waals surface area contributed by atoms with Crippen LogP contribution in [-0.4, -0.2) is 66.0 Å². The molecule has 46 heavy (non-hydrogen) atoms. The fourth-order valence-electron chi connectivity index (χ4n) is 5.23. The molecule has 0 spiro atoms. The standard InChI is InChI=1S/C34H33F2N5O5/c1-40-33(42)26(21-38-34(40)39-24-7-5-23(35)6-8-24)22-4-10-29(27(36)20-22)46-28-12-13-37-31-25(28)9-11-30(32(31)43-2)45-17-3-14-41-15-18-44-19-16-41/h4-13,20-21H,3,14-19H2,1-2H3,(H,38,39). The summed E-state index contributed by atoms with van der Waals surface area (Å²) in [6, 6.07) is 15.2. The van der Waals surface area contributed by atoms with E-state index in [2.05, 4.69) is 20.2 Å². The van der Waals surface area contributed by atoms with Crippen LogP contribution in [0.3, 0.4) is 0 Å². The van der Waals surface area contributed by atoms with Crippen molar-refractivity contribution in [2.75, 3.05) is 51.9 Å². The van der Waals surface area contributed by atoms with E-state index in [0.29, 0.717) is 46.0 Å². The number of aromatic nitrogens is 3. The Kier molecular flexibility index (Phi) is 9.36. The summed E-state index contributed by atoms with van der Waals surface area (Å²) in [5, 5.41) is 3.60. The van der Waals surface area contributed by atoms with Gasteiger partial charge in [-0.1, -0.05) is 6.07 Å². The van der Waals surface area contributed by atoms with E-state index >= 15 is 4.39 Å². The van der Waals surface area contributed by atoms with Crippen LogP contribution in [0.4, 0.5) is 20.4 Å². The van der Waals surface area contributed by atoms with Gasteiger partial charge < -0.3 is 24.3 Å². The number of anilines is 2. The van der Waals surface area contributed by atoms with Crippen molar-refractivity contribution in [2.24, 2.45) is 7.05 Å². The van der Waals surface area contributed by atoms with Gasteiger partial charge in [-0.2, -0.15) is 0 Å². The number of ether oxygens (including phenoxy) is 4. The van der Waals surface area contributed by atoms with Gasteiger partial charge >= 0.3 is 0 Å². The van der Waals surface area contributed by atoms with Crippen molar-refractivity contribution in [1.29, 1.82) is 0 Å². The second kappa shape index (κ2) is 13.9. The molecule has 238 valence electrons. The summed E-state index contributed by atoms with van der Waals surface area (Å²) in [4.78, 5) is 24.3. The molecule has 0 amide bonds. The number of pyridine rings is 1. The number of benzene rings is 3. The van der Waals surface area contributed by atoms with Gasteiger partial charge in [-0.05, 0) is 66.6 Å². The number of nitrogens with zero attached hydrogens (tertiary/aromatic N) is 4. The minimum atomic E-state index is -0.662. The zero-order valence-electron chi connectivity index (χ0n) is 25.5. The van der Waals surface area contributed by atoms with Crippen LogP contribution < -0.4 is 25.1 Å². The molecule has 0 aliphatic carbocycles. The van der Waals surface area contributed by atoms with E-state index in [4.69, 9.17) is 18.9 Å². The van der Waals surface area contributed by atoms with Crippen LogP contribution in [-0.2, 0) is 11.8 Å². The van der Waals surface area contributed by atoms with Gasteiger partial charge in [-0.25, -0.2) is 13.8 Å². The smallest absolute Gasteiger partial charge is 0.262 e. The number of rotatable bonds is 11. The van der Waals surface area contributed by atoms with Gasteiger partial charge in [-0.3, -0.25) is 19.2 Å². The molecule has 0 radical (unpaired) electrons. The van der Waals surface area contributed by atoms with Crippen LogP contribution in [0.25, 0.3) is 22.0 Å². The molecule has 2 aromatic heterocycles. The van der Waals surface area contributed by atoms with E-state index in [1.54, 1.807) is 44.6 Å². The van der Waals surface area contributed by atoms with Gasteiger partial charge in [0.05, 0.1) is 32.5 Å². The lowest BCUT2D eigenvalue weighted by molar-refractivity contribution is 0.0357. The SMILES string of the molecule is COc1c(OCCCN2CCOCC2)ccc2c(Oc3ccc(-c4cnc(Nc5ccc(F)cc5)n(C)c4=O)cc3F)ccnc12. The summed E-state index contributed by atoms with van der Waals surface area (Å²) in [5.74, 6) is 0.587. The Bertz CT molecular complexity index is 1890. The zero-order valence-corrected chi connectivity index (χ0v) is 25.5. The van der Waals surface area contributed by atoms with Gasteiger partial charge in [0.2, 0.25) is 5.95 Å².